The zero-order valence-electron chi connectivity index (χ0n) is 11.7. The Bertz CT molecular complexity index is 671. The maximum absolute atomic E-state index is 11.8. The lowest BCUT2D eigenvalue weighted by atomic mass is 10.2. The fourth-order valence-corrected chi connectivity index (χ4v) is 1.83. The summed E-state index contributed by atoms with van der Waals surface area (Å²) in [4.78, 5) is 23.4. The molecule has 0 saturated carbocycles. The van der Waals surface area contributed by atoms with E-state index in [2.05, 4.69) is 10.6 Å². The maximum atomic E-state index is 11.8. The molecule has 2 aromatic carbocycles. The van der Waals surface area contributed by atoms with Crippen LogP contribution in [-0.4, -0.2) is 28.6 Å². The minimum absolute atomic E-state index is 0.0558. The van der Waals surface area contributed by atoms with Crippen LogP contribution in [0.15, 0.2) is 48.5 Å². The molecule has 0 aliphatic heterocycles. The Balaban J connectivity index is 1.81. The Morgan fingerprint density at radius 1 is 0.909 bits per heavy atom. The van der Waals surface area contributed by atoms with Gasteiger partial charge in [0.1, 0.15) is 0 Å². The molecular weight excluding hydrogens is 284 g/mol. The maximum Gasteiger partial charge on any atom is 0.251 e. The van der Waals surface area contributed by atoms with Gasteiger partial charge in [-0.3, -0.25) is 9.59 Å². The lowest BCUT2D eigenvalue weighted by Gasteiger charge is -2.09. The van der Waals surface area contributed by atoms with Crippen LogP contribution in [0.4, 0.5) is 0 Å². The smallest absolute Gasteiger partial charge is 0.251 e. The van der Waals surface area contributed by atoms with E-state index >= 15 is 0 Å². The number of phenolic OH excluding ortho intramolecular Hbond substituents is 2. The zero-order valence-corrected chi connectivity index (χ0v) is 11.7. The molecule has 0 heterocycles. The summed E-state index contributed by atoms with van der Waals surface area (Å²) < 4.78 is 0. The van der Waals surface area contributed by atoms with Crippen molar-refractivity contribution in [2.75, 3.05) is 6.54 Å². The van der Waals surface area contributed by atoms with Gasteiger partial charge in [0.05, 0.1) is 6.54 Å². The van der Waals surface area contributed by atoms with Crippen LogP contribution in [0.1, 0.15) is 15.9 Å². The van der Waals surface area contributed by atoms with Crippen molar-refractivity contribution >= 4 is 11.8 Å². The number of phenols is 2. The number of hydrogen-bond acceptors (Lipinski definition) is 4. The number of carbonyl (C=O) groups is 2. The molecule has 0 fully saturated rings. The van der Waals surface area contributed by atoms with Gasteiger partial charge < -0.3 is 20.8 Å². The largest absolute Gasteiger partial charge is 0.504 e. The summed E-state index contributed by atoms with van der Waals surface area (Å²) in [5.41, 5.74) is 0.865. The van der Waals surface area contributed by atoms with Gasteiger partial charge in [-0.25, -0.2) is 0 Å². The van der Waals surface area contributed by atoms with Crippen molar-refractivity contribution < 1.29 is 19.8 Å². The molecule has 22 heavy (non-hydrogen) atoms. The van der Waals surface area contributed by atoms with E-state index in [9.17, 15) is 19.8 Å². The van der Waals surface area contributed by atoms with E-state index in [1.54, 1.807) is 42.5 Å². The summed E-state index contributed by atoms with van der Waals surface area (Å²) in [6.45, 7) is -0.117. The van der Waals surface area contributed by atoms with E-state index in [1.807, 2.05) is 0 Å². The summed E-state index contributed by atoms with van der Waals surface area (Å²) in [6, 6.07) is 13.1. The number of para-hydroxylation sites is 1. The van der Waals surface area contributed by atoms with Crippen molar-refractivity contribution in [3.63, 3.8) is 0 Å². The zero-order chi connectivity index (χ0) is 15.9. The van der Waals surface area contributed by atoms with E-state index in [0.29, 0.717) is 11.1 Å². The van der Waals surface area contributed by atoms with E-state index in [4.69, 9.17) is 0 Å². The highest BCUT2D eigenvalue weighted by atomic mass is 16.3. The minimum atomic E-state index is -0.396. The Morgan fingerprint density at radius 3 is 2.36 bits per heavy atom. The number of nitrogens with one attached hydrogen (secondary N) is 2. The average molecular weight is 300 g/mol. The topological polar surface area (TPSA) is 98.7 Å². The van der Waals surface area contributed by atoms with Crippen LogP contribution in [0.5, 0.6) is 11.5 Å². The van der Waals surface area contributed by atoms with Gasteiger partial charge >= 0.3 is 0 Å². The van der Waals surface area contributed by atoms with Gasteiger partial charge in [-0.05, 0) is 18.2 Å². The van der Waals surface area contributed by atoms with Gasteiger partial charge in [-0.1, -0.05) is 30.3 Å². The molecule has 6 nitrogen and oxygen atoms in total. The van der Waals surface area contributed by atoms with Crippen LogP contribution < -0.4 is 10.6 Å². The Hall–Kier alpha value is -3.02. The van der Waals surface area contributed by atoms with Crippen LogP contribution in [-0.2, 0) is 11.3 Å². The SMILES string of the molecule is O=C(CNC(=O)c1ccccc1)NCc1cccc(O)c1O. The second kappa shape index (κ2) is 7.12. The standard InChI is InChI=1S/C16H16N2O4/c19-13-8-4-7-12(15(13)21)9-17-14(20)10-18-16(22)11-5-2-1-3-6-11/h1-8,19,21H,9-10H2,(H,17,20)(H,18,22). The number of hydrogen-bond donors (Lipinski definition) is 4. The van der Waals surface area contributed by atoms with Gasteiger partial charge in [0.25, 0.3) is 5.91 Å². The molecule has 2 aromatic rings. The average Bonchev–Trinajstić information content (AvgIpc) is 2.54. The van der Waals surface area contributed by atoms with Crippen molar-refractivity contribution in [2.45, 2.75) is 6.54 Å². The van der Waals surface area contributed by atoms with Gasteiger partial charge in [-0.2, -0.15) is 0 Å². The molecule has 114 valence electrons. The quantitative estimate of drug-likeness (QED) is 0.622. The highest BCUT2D eigenvalue weighted by Gasteiger charge is 2.09. The summed E-state index contributed by atoms with van der Waals surface area (Å²) >= 11 is 0. The third-order valence-corrected chi connectivity index (χ3v) is 3.02. The van der Waals surface area contributed by atoms with E-state index in [-0.39, 0.29) is 30.5 Å². The first-order chi connectivity index (χ1) is 10.6. The van der Waals surface area contributed by atoms with E-state index in [1.165, 1.54) is 6.07 Å². The van der Waals surface area contributed by atoms with Crippen LogP contribution in [0.2, 0.25) is 0 Å². The number of benzene rings is 2. The number of aromatic hydroxyl groups is 2. The first kappa shape index (κ1) is 15.4. The molecule has 6 heteroatoms. The van der Waals surface area contributed by atoms with Crippen molar-refractivity contribution in [2.24, 2.45) is 0 Å². The molecule has 2 amide bonds. The van der Waals surface area contributed by atoms with Crippen molar-refractivity contribution in [1.29, 1.82) is 0 Å². The molecule has 0 aliphatic carbocycles. The normalized spacial score (nSPS) is 10.0. The van der Waals surface area contributed by atoms with E-state index < -0.39 is 5.91 Å². The number of rotatable bonds is 5. The highest BCUT2D eigenvalue weighted by molar-refractivity contribution is 5.96. The molecule has 0 aromatic heterocycles. The molecular formula is C16H16N2O4. The molecule has 0 aliphatic rings. The molecule has 0 spiro atoms. The van der Waals surface area contributed by atoms with Crippen molar-refractivity contribution in [3.8, 4) is 11.5 Å². The Kier molecular flexibility index (Phi) is 4.98. The monoisotopic (exact) mass is 300 g/mol. The first-order valence-corrected chi connectivity index (χ1v) is 6.67. The molecule has 0 unspecified atom stereocenters. The van der Waals surface area contributed by atoms with Crippen LogP contribution in [0.3, 0.4) is 0 Å². The summed E-state index contributed by atoms with van der Waals surface area (Å²) in [5, 5.41) is 24.0. The lowest BCUT2D eigenvalue weighted by Crippen LogP contribution is -2.36. The van der Waals surface area contributed by atoms with Crippen molar-refractivity contribution in [3.05, 3.63) is 59.7 Å². The molecule has 0 saturated heterocycles. The van der Waals surface area contributed by atoms with Crippen molar-refractivity contribution in [1.82, 2.24) is 10.6 Å². The van der Waals surface area contributed by atoms with Gasteiger partial charge in [0.2, 0.25) is 5.91 Å². The van der Waals surface area contributed by atoms with Crippen LogP contribution in [0, 0.1) is 0 Å². The molecule has 0 atom stereocenters. The van der Waals surface area contributed by atoms with Gasteiger partial charge in [-0.15, -0.1) is 0 Å². The summed E-state index contributed by atoms with van der Waals surface area (Å²) in [5.74, 6) is -1.25. The Morgan fingerprint density at radius 2 is 1.64 bits per heavy atom. The fourth-order valence-electron chi connectivity index (χ4n) is 1.83. The predicted octanol–water partition coefficient (Wildman–Crippen LogP) is 1.14. The number of amides is 2. The molecule has 2 rings (SSSR count). The first-order valence-electron chi connectivity index (χ1n) is 6.67. The molecule has 0 radical (unpaired) electrons. The Labute approximate surface area is 127 Å². The van der Waals surface area contributed by atoms with Crippen LogP contribution >= 0.6 is 0 Å². The third-order valence-electron chi connectivity index (χ3n) is 3.02. The van der Waals surface area contributed by atoms with Crippen LogP contribution in [0.25, 0.3) is 0 Å². The van der Waals surface area contributed by atoms with Gasteiger partial charge in [0, 0.05) is 17.7 Å². The second-order valence-corrected chi connectivity index (χ2v) is 4.61. The second-order valence-electron chi connectivity index (χ2n) is 4.61. The predicted molar refractivity (Wildman–Crippen MR) is 80.4 cm³/mol. The summed E-state index contributed by atoms with van der Waals surface area (Å²) in [7, 11) is 0. The highest BCUT2D eigenvalue weighted by Crippen LogP contribution is 2.27. The lowest BCUT2D eigenvalue weighted by molar-refractivity contribution is -0.120. The van der Waals surface area contributed by atoms with Gasteiger partial charge in [0.15, 0.2) is 11.5 Å². The minimum Gasteiger partial charge on any atom is -0.504 e. The van der Waals surface area contributed by atoms with E-state index in [0.717, 1.165) is 0 Å². The number of carbonyl (C=O) groups excluding carboxylic acids is 2. The fraction of sp³-hybridized carbons (Fsp3) is 0.125. The summed E-state index contributed by atoms with van der Waals surface area (Å²) in [6.07, 6.45) is 0. The molecule has 4 N–H and O–H groups in total. The third kappa shape index (κ3) is 3.99. The molecule has 0 bridgehead atoms.